The van der Waals surface area contributed by atoms with Crippen LogP contribution in [-0.2, 0) is 30.5 Å². The number of hydrogen-bond acceptors (Lipinski definition) is 8. The minimum atomic E-state index is -0.913. The first-order valence-electron chi connectivity index (χ1n) is 12.0. The SMILES string of the molecule is O=C(O)CC(Cc1nc(CCCc2ccc3c(n2)NCCC3)no1)c1cnc(-c2ccc(F)cc2)s1. The maximum absolute atomic E-state index is 13.2. The van der Waals surface area contributed by atoms with Gasteiger partial charge < -0.3 is 14.9 Å². The Morgan fingerprint density at radius 2 is 2.03 bits per heavy atom. The Kier molecular flexibility index (Phi) is 7.31. The van der Waals surface area contributed by atoms with E-state index in [1.165, 1.54) is 29.0 Å². The molecule has 3 aromatic heterocycles. The average molecular weight is 508 g/mol. The van der Waals surface area contributed by atoms with E-state index in [9.17, 15) is 14.3 Å². The summed E-state index contributed by atoms with van der Waals surface area (Å²) in [5.41, 5.74) is 3.09. The lowest BCUT2D eigenvalue weighted by molar-refractivity contribution is -0.137. The van der Waals surface area contributed by atoms with Crippen LogP contribution in [0.5, 0.6) is 0 Å². The third-order valence-electron chi connectivity index (χ3n) is 6.15. The fourth-order valence-electron chi connectivity index (χ4n) is 4.31. The van der Waals surface area contributed by atoms with Gasteiger partial charge in [-0.1, -0.05) is 11.2 Å². The number of anilines is 1. The molecule has 2 N–H and O–H groups in total. The molecule has 1 aliphatic rings. The standard InChI is InChI=1S/C26H26FN5O3S/c27-19-9-6-17(7-10-19)26-29-15-21(36-26)18(14-24(33)34)13-23-31-22(32-35-23)5-1-4-20-11-8-16-3-2-12-28-25(16)30-20/h6-11,15,18H,1-5,12-14H2,(H,28,30)(H,33,34). The van der Waals surface area contributed by atoms with Crippen LogP contribution in [0, 0.1) is 5.82 Å². The van der Waals surface area contributed by atoms with E-state index in [4.69, 9.17) is 9.51 Å². The summed E-state index contributed by atoms with van der Waals surface area (Å²) in [5, 5.41) is 17.6. The number of fused-ring (bicyclic) bond motifs is 1. The Hall–Kier alpha value is -3.66. The molecule has 4 aromatic rings. The van der Waals surface area contributed by atoms with E-state index in [0.717, 1.165) is 54.2 Å². The summed E-state index contributed by atoms with van der Waals surface area (Å²) < 4.78 is 18.7. The first kappa shape index (κ1) is 24.1. The van der Waals surface area contributed by atoms with Gasteiger partial charge >= 0.3 is 5.97 Å². The van der Waals surface area contributed by atoms with Crippen molar-refractivity contribution in [1.29, 1.82) is 0 Å². The molecule has 4 heterocycles. The van der Waals surface area contributed by atoms with Crippen LogP contribution in [0.4, 0.5) is 10.2 Å². The first-order chi connectivity index (χ1) is 17.5. The molecule has 1 aliphatic heterocycles. The second-order valence-electron chi connectivity index (χ2n) is 8.87. The number of aryl methyl sites for hydroxylation is 3. The molecule has 5 rings (SSSR count). The molecule has 0 bridgehead atoms. The van der Waals surface area contributed by atoms with E-state index in [2.05, 4.69) is 32.6 Å². The van der Waals surface area contributed by atoms with E-state index >= 15 is 0 Å². The summed E-state index contributed by atoms with van der Waals surface area (Å²) in [6.07, 6.45) is 6.40. The monoisotopic (exact) mass is 507 g/mol. The molecular formula is C26H26FN5O3S. The van der Waals surface area contributed by atoms with Crippen molar-refractivity contribution in [3.05, 3.63) is 76.3 Å². The summed E-state index contributed by atoms with van der Waals surface area (Å²) in [4.78, 5) is 26.0. The fraction of sp³-hybridized carbons (Fsp3) is 0.346. The zero-order chi connectivity index (χ0) is 24.9. The molecule has 0 aliphatic carbocycles. The predicted octanol–water partition coefficient (Wildman–Crippen LogP) is 5.06. The Labute approximate surface area is 211 Å². The van der Waals surface area contributed by atoms with Crippen molar-refractivity contribution in [3.8, 4) is 10.6 Å². The molecule has 36 heavy (non-hydrogen) atoms. The van der Waals surface area contributed by atoms with Gasteiger partial charge in [0.2, 0.25) is 5.89 Å². The highest BCUT2D eigenvalue weighted by molar-refractivity contribution is 7.15. The molecule has 0 fully saturated rings. The normalized spacial score (nSPS) is 13.7. The zero-order valence-electron chi connectivity index (χ0n) is 19.6. The van der Waals surface area contributed by atoms with Gasteiger partial charge in [-0.05, 0) is 61.6 Å². The van der Waals surface area contributed by atoms with Gasteiger partial charge in [0.15, 0.2) is 5.82 Å². The molecule has 0 saturated heterocycles. The van der Waals surface area contributed by atoms with E-state index in [1.807, 2.05) is 0 Å². The number of benzene rings is 1. The molecule has 0 spiro atoms. The van der Waals surface area contributed by atoms with Crippen molar-refractivity contribution in [3.63, 3.8) is 0 Å². The van der Waals surface area contributed by atoms with Crippen molar-refractivity contribution >= 4 is 23.1 Å². The summed E-state index contributed by atoms with van der Waals surface area (Å²) in [5.74, 6) is 0.423. The largest absolute Gasteiger partial charge is 0.481 e. The average Bonchev–Trinajstić information content (AvgIpc) is 3.54. The minimum Gasteiger partial charge on any atom is -0.481 e. The molecule has 10 heteroatoms. The van der Waals surface area contributed by atoms with E-state index in [0.29, 0.717) is 29.6 Å². The van der Waals surface area contributed by atoms with Crippen molar-refractivity contribution in [2.45, 2.75) is 50.9 Å². The highest BCUT2D eigenvalue weighted by Gasteiger charge is 2.22. The number of halogens is 1. The lowest BCUT2D eigenvalue weighted by Crippen LogP contribution is -2.14. The van der Waals surface area contributed by atoms with Gasteiger partial charge in [-0.2, -0.15) is 4.98 Å². The number of rotatable bonds is 10. The molecule has 0 saturated carbocycles. The molecule has 0 amide bonds. The summed E-state index contributed by atoms with van der Waals surface area (Å²) in [7, 11) is 0. The number of thiazole rings is 1. The Bertz CT molecular complexity index is 1340. The van der Waals surface area contributed by atoms with Gasteiger partial charge in [-0.15, -0.1) is 11.3 Å². The lowest BCUT2D eigenvalue weighted by Gasteiger charge is -2.17. The highest BCUT2D eigenvalue weighted by atomic mass is 32.1. The number of carbonyl (C=O) groups is 1. The van der Waals surface area contributed by atoms with Crippen LogP contribution in [0.1, 0.15) is 53.0 Å². The number of carboxylic acid groups (broad SMARTS) is 1. The van der Waals surface area contributed by atoms with Gasteiger partial charge in [-0.25, -0.2) is 14.4 Å². The predicted molar refractivity (Wildman–Crippen MR) is 134 cm³/mol. The number of aromatic nitrogens is 4. The third-order valence-corrected chi connectivity index (χ3v) is 7.36. The number of aliphatic carboxylic acids is 1. The fourth-order valence-corrected chi connectivity index (χ4v) is 5.33. The second kappa shape index (κ2) is 10.9. The molecular weight excluding hydrogens is 481 g/mol. The Morgan fingerprint density at radius 1 is 1.17 bits per heavy atom. The van der Waals surface area contributed by atoms with E-state index in [1.54, 1.807) is 18.3 Å². The third kappa shape index (κ3) is 5.93. The molecule has 1 atom stereocenters. The molecule has 8 nitrogen and oxygen atoms in total. The molecule has 1 unspecified atom stereocenters. The minimum absolute atomic E-state index is 0.0825. The Balaban J connectivity index is 1.20. The van der Waals surface area contributed by atoms with Gasteiger partial charge in [0, 0.05) is 47.6 Å². The van der Waals surface area contributed by atoms with Crippen LogP contribution in [0.3, 0.4) is 0 Å². The maximum Gasteiger partial charge on any atom is 0.304 e. The number of hydrogen-bond donors (Lipinski definition) is 2. The molecule has 1 aromatic carbocycles. The van der Waals surface area contributed by atoms with Crippen molar-refractivity contribution in [2.24, 2.45) is 0 Å². The number of nitrogens with one attached hydrogen (secondary N) is 1. The van der Waals surface area contributed by atoms with Gasteiger partial charge in [0.05, 0.1) is 6.42 Å². The van der Waals surface area contributed by atoms with Crippen LogP contribution in [0.2, 0.25) is 0 Å². The second-order valence-corrected chi connectivity index (χ2v) is 9.93. The van der Waals surface area contributed by atoms with Crippen molar-refractivity contribution < 1.29 is 18.8 Å². The first-order valence-corrected chi connectivity index (χ1v) is 12.8. The topological polar surface area (TPSA) is 114 Å². The summed E-state index contributed by atoms with van der Waals surface area (Å²) in [6, 6.07) is 10.3. The number of carboxylic acids is 1. The lowest BCUT2D eigenvalue weighted by atomic mass is 10.0. The van der Waals surface area contributed by atoms with Crippen molar-refractivity contribution in [1.82, 2.24) is 20.1 Å². The van der Waals surface area contributed by atoms with E-state index < -0.39 is 5.97 Å². The Morgan fingerprint density at radius 3 is 2.86 bits per heavy atom. The summed E-state index contributed by atoms with van der Waals surface area (Å²) >= 11 is 1.39. The van der Waals surface area contributed by atoms with E-state index in [-0.39, 0.29) is 18.2 Å². The smallest absolute Gasteiger partial charge is 0.304 e. The molecule has 186 valence electrons. The number of nitrogens with zero attached hydrogens (tertiary/aromatic N) is 4. The molecule has 0 radical (unpaired) electrons. The van der Waals surface area contributed by atoms with Gasteiger partial charge in [0.1, 0.15) is 16.6 Å². The maximum atomic E-state index is 13.2. The highest BCUT2D eigenvalue weighted by Crippen LogP contribution is 2.33. The van der Waals surface area contributed by atoms with Crippen LogP contribution < -0.4 is 5.32 Å². The van der Waals surface area contributed by atoms with Gasteiger partial charge in [0.25, 0.3) is 0 Å². The van der Waals surface area contributed by atoms with Crippen LogP contribution in [0.25, 0.3) is 10.6 Å². The zero-order valence-corrected chi connectivity index (χ0v) is 20.4. The van der Waals surface area contributed by atoms with Crippen LogP contribution in [-0.4, -0.2) is 37.7 Å². The van der Waals surface area contributed by atoms with Crippen LogP contribution >= 0.6 is 11.3 Å². The van der Waals surface area contributed by atoms with Crippen molar-refractivity contribution in [2.75, 3.05) is 11.9 Å². The summed E-state index contributed by atoms with van der Waals surface area (Å²) in [6.45, 7) is 0.965. The number of pyridine rings is 1. The van der Waals surface area contributed by atoms with Gasteiger partial charge in [-0.3, -0.25) is 4.79 Å². The quantitative estimate of drug-likeness (QED) is 0.306. The van der Waals surface area contributed by atoms with Crippen LogP contribution in [0.15, 0.2) is 47.1 Å².